The van der Waals surface area contributed by atoms with E-state index in [2.05, 4.69) is 0 Å². The highest BCUT2D eigenvalue weighted by atomic mass is 16.6. The molecule has 2 rings (SSSR count). The van der Waals surface area contributed by atoms with Gasteiger partial charge in [-0.2, -0.15) is 0 Å². The first kappa shape index (κ1) is 12.8. The second-order valence-electron chi connectivity index (χ2n) is 3.93. The van der Waals surface area contributed by atoms with Crippen molar-refractivity contribution in [1.29, 1.82) is 0 Å². The molecule has 0 N–H and O–H groups in total. The number of hydrogen-bond acceptors (Lipinski definition) is 3. The van der Waals surface area contributed by atoms with Crippen LogP contribution in [0, 0.1) is 10.1 Å². The van der Waals surface area contributed by atoms with Gasteiger partial charge in [-0.3, -0.25) is 10.1 Å². The van der Waals surface area contributed by atoms with E-state index >= 15 is 0 Å². The van der Waals surface area contributed by atoms with Gasteiger partial charge in [0.1, 0.15) is 5.75 Å². The van der Waals surface area contributed by atoms with Crippen molar-refractivity contribution in [2.75, 3.05) is 7.11 Å². The molecule has 0 aliphatic heterocycles. The molecule has 0 saturated heterocycles. The highest BCUT2D eigenvalue weighted by molar-refractivity contribution is 5.73. The number of nitrogens with zero attached hydrogens (tertiary/aromatic N) is 1. The van der Waals surface area contributed by atoms with Crippen molar-refractivity contribution < 1.29 is 9.66 Å². The van der Waals surface area contributed by atoms with Gasteiger partial charge < -0.3 is 4.74 Å². The standard InChI is InChI=1S/C15H13NO3/c1-19-15-10-9-14(16(17)18)11-13(15)8-7-12-5-3-2-4-6-12/h2-11H,1H3/b8-7+. The highest BCUT2D eigenvalue weighted by Crippen LogP contribution is 2.25. The average molecular weight is 255 g/mol. The van der Waals surface area contributed by atoms with Crippen LogP contribution < -0.4 is 4.74 Å². The maximum absolute atomic E-state index is 10.8. The fourth-order valence-corrected chi connectivity index (χ4v) is 1.72. The van der Waals surface area contributed by atoms with Crippen LogP contribution in [-0.2, 0) is 0 Å². The number of non-ortho nitro benzene ring substituents is 1. The van der Waals surface area contributed by atoms with Crippen LogP contribution in [0.4, 0.5) is 5.69 Å². The summed E-state index contributed by atoms with van der Waals surface area (Å²) < 4.78 is 5.19. The maximum Gasteiger partial charge on any atom is 0.270 e. The lowest BCUT2D eigenvalue weighted by Gasteiger charge is -2.04. The van der Waals surface area contributed by atoms with E-state index < -0.39 is 4.92 Å². The van der Waals surface area contributed by atoms with Crippen LogP contribution in [0.5, 0.6) is 5.75 Å². The van der Waals surface area contributed by atoms with Crippen molar-refractivity contribution in [3.8, 4) is 5.75 Å². The number of rotatable bonds is 4. The van der Waals surface area contributed by atoms with E-state index in [1.54, 1.807) is 19.3 Å². The van der Waals surface area contributed by atoms with Crippen molar-refractivity contribution in [3.05, 3.63) is 69.8 Å². The topological polar surface area (TPSA) is 52.4 Å². The third-order valence-electron chi connectivity index (χ3n) is 2.68. The minimum Gasteiger partial charge on any atom is -0.496 e. The summed E-state index contributed by atoms with van der Waals surface area (Å²) in [7, 11) is 1.54. The van der Waals surface area contributed by atoms with Crippen LogP contribution in [0.15, 0.2) is 48.5 Å². The summed E-state index contributed by atoms with van der Waals surface area (Å²) in [4.78, 5) is 10.4. The van der Waals surface area contributed by atoms with Gasteiger partial charge in [0.2, 0.25) is 0 Å². The van der Waals surface area contributed by atoms with E-state index in [0.717, 1.165) is 5.56 Å². The van der Waals surface area contributed by atoms with Crippen molar-refractivity contribution in [1.82, 2.24) is 0 Å². The quantitative estimate of drug-likeness (QED) is 0.474. The number of methoxy groups -OCH3 is 1. The predicted molar refractivity (Wildman–Crippen MR) is 75.0 cm³/mol. The van der Waals surface area contributed by atoms with E-state index in [0.29, 0.717) is 11.3 Å². The first-order chi connectivity index (χ1) is 9.20. The molecule has 0 atom stereocenters. The zero-order chi connectivity index (χ0) is 13.7. The normalized spacial score (nSPS) is 10.6. The summed E-state index contributed by atoms with van der Waals surface area (Å²) in [6, 6.07) is 14.3. The van der Waals surface area contributed by atoms with E-state index in [9.17, 15) is 10.1 Å². The van der Waals surface area contributed by atoms with E-state index in [-0.39, 0.29) is 5.69 Å². The molecule has 0 aliphatic carbocycles. The molecule has 2 aromatic carbocycles. The van der Waals surface area contributed by atoms with Crippen LogP contribution in [0.3, 0.4) is 0 Å². The summed E-state index contributed by atoms with van der Waals surface area (Å²) in [6.07, 6.45) is 3.70. The molecule has 0 saturated carbocycles. The highest BCUT2D eigenvalue weighted by Gasteiger charge is 2.09. The van der Waals surface area contributed by atoms with Gasteiger partial charge in [0.25, 0.3) is 5.69 Å². The summed E-state index contributed by atoms with van der Waals surface area (Å²) in [5.41, 5.74) is 1.75. The van der Waals surface area contributed by atoms with Crippen molar-refractivity contribution in [2.45, 2.75) is 0 Å². The first-order valence-corrected chi connectivity index (χ1v) is 5.76. The van der Waals surface area contributed by atoms with E-state index in [4.69, 9.17) is 4.74 Å². The number of nitro benzene ring substituents is 1. The van der Waals surface area contributed by atoms with Gasteiger partial charge in [-0.05, 0) is 11.6 Å². The summed E-state index contributed by atoms with van der Waals surface area (Å²) in [5.74, 6) is 0.609. The van der Waals surface area contributed by atoms with Crippen molar-refractivity contribution in [3.63, 3.8) is 0 Å². The van der Waals surface area contributed by atoms with Gasteiger partial charge in [0, 0.05) is 17.7 Å². The molecule has 0 heterocycles. The number of benzene rings is 2. The Balaban J connectivity index is 2.35. The number of nitro groups is 1. The molecule has 0 aromatic heterocycles. The molecular weight excluding hydrogens is 242 g/mol. The Morgan fingerprint density at radius 1 is 1.11 bits per heavy atom. The molecule has 2 aromatic rings. The van der Waals surface area contributed by atoms with Gasteiger partial charge in [-0.25, -0.2) is 0 Å². The lowest BCUT2D eigenvalue weighted by Crippen LogP contribution is -1.91. The SMILES string of the molecule is COc1ccc([N+](=O)[O-])cc1/C=C/c1ccccc1. The Kier molecular flexibility index (Phi) is 3.93. The molecular formula is C15H13NO3. The Morgan fingerprint density at radius 2 is 1.84 bits per heavy atom. The van der Waals surface area contributed by atoms with Gasteiger partial charge in [0.05, 0.1) is 12.0 Å². The van der Waals surface area contributed by atoms with Gasteiger partial charge in [-0.15, -0.1) is 0 Å². The minimum absolute atomic E-state index is 0.0495. The third-order valence-corrected chi connectivity index (χ3v) is 2.68. The van der Waals surface area contributed by atoms with Crippen LogP contribution >= 0.6 is 0 Å². The fourth-order valence-electron chi connectivity index (χ4n) is 1.72. The molecule has 0 spiro atoms. The van der Waals surface area contributed by atoms with Crippen molar-refractivity contribution in [2.24, 2.45) is 0 Å². The molecule has 0 bridgehead atoms. The first-order valence-electron chi connectivity index (χ1n) is 5.76. The Hall–Kier alpha value is -2.62. The second-order valence-corrected chi connectivity index (χ2v) is 3.93. The minimum atomic E-state index is -0.417. The van der Waals surface area contributed by atoms with Gasteiger partial charge >= 0.3 is 0 Å². The number of ether oxygens (including phenoxy) is 1. The molecule has 0 fully saturated rings. The van der Waals surface area contributed by atoms with Crippen LogP contribution in [0.1, 0.15) is 11.1 Å². The third kappa shape index (κ3) is 3.19. The summed E-state index contributed by atoms with van der Waals surface area (Å²) >= 11 is 0. The average Bonchev–Trinajstić information content (AvgIpc) is 2.45. The van der Waals surface area contributed by atoms with Crippen LogP contribution in [0.25, 0.3) is 12.2 Å². The molecule has 4 nitrogen and oxygen atoms in total. The Morgan fingerprint density at radius 3 is 2.47 bits per heavy atom. The smallest absolute Gasteiger partial charge is 0.270 e. The monoisotopic (exact) mass is 255 g/mol. The molecule has 0 unspecified atom stereocenters. The molecule has 4 heteroatoms. The Labute approximate surface area is 111 Å². The predicted octanol–water partition coefficient (Wildman–Crippen LogP) is 3.77. The molecule has 0 aliphatic rings. The maximum atomic E-state index is 10.8. The van der Waals surface area contributed by atoms with Crippen LogP contribution in [-0.4, -0.2) is 12.0 Å². The second kappa shape index (κ2) is 5.82. The zero-order valence-electron chi connectivity index (χ0n) is 10.4. The fraction of sp³-hybridized carbons (Fsp3) is 0.0667. The molecule has 0 radical (unpaired) electrons. The van der Waals surface area contributed by atoms with Crippen LogP contribution in [0.2, 0.25) is 0 Å². The number of hydrogen-bond donors (Lipinski definition) is 0. The van der Waals surface area contributed by atoms with Crippen molar-refractivity contribution >= 4 is 17.8 Å². The lowest BCUT2D eigenvalue weighted by molar-refractivity contribution is -0.384. The van der Waals surface area contributed by atoms with Gasteiger partial charge in [0.15, 0.2) is 0 Å². The summed E-state index contributed by atoms with van der Waals surface area (Å²) in [6.45, 7) is 0. The largest absolute Gasteiger partial charge is 0.496 e. The zero-order valence-corrected chi connectivity index (χ0v) is 10.4. The van der Waals surface area contributed by atoms with Gasteiger partial charge in [-0.1, -0.05) is 42.5 Å². The Bertz CT molecular complexity index is 606. The molecule has 19 heavy (non-hydrogen) atoms. The molecule has 96 valence electrons. The summed E-state index contributed by atoms with van der Waals surface area (Å²) in [5, 5.41) is 10.8. The molecule has 0 amide bonds. The van der Waals surface area contributed by atoms with E-state index in [1.165, 1.54) is 12.1 Å². The van der Waals surface area contributed by atoms with E-state index in [1.807, 2.05) is 36.4 Å². The lowest BCUT2D eigenvalue weighted by atomic mass is 10.1.